The molecule has 8 rings (SSSR count). The molecule has 6 aromatic rings. The maximum atomic E-state index is 13.8. The van der Waals surface area contributed by atoms with Crippen molar-refractivity contribution in [2.45, 2.75) is 50.7 Å². The van der Waals surface area contributed by atoms with Crippen LogP contribution in [0.4, 0.5) is 0 Å². The van der Waals surface area contributed by atoms with Crippen LogP contribution >= 0.6 is 0 Å². The molecule has 2 aliphatic rings. The van der Waals surface area contributed by atoms with Gasteiger partial charge in [-0.25, -0.2) is 0 Å². The highest BCUT2D eigenvalue weighted by Gasteiger charge is 2.28. The minimum absolute atomic E-state index is 0.0229. The number of piperidine rings is 2. The Balaban J connectivity index is 0.772. The molecule has 2 saturated heterocycles. The highest BCUT2D eigenvalue weighted by Crippen LogP contribution is 2.31. The zero-order valence-electron chi connectivity index (χ0n) is 36.2. The molecular formula is C53H58N4O7. The number of pyridine rings is 1. The second-order valence-electron chi connectivity index (χ2n) is 17.2. The Bertz CT molecular complexity index is 2510. The molecule has 2 atom stereocenters. The number of likely N-dealkylation sites (tertiary alicyclic amines) is 2. The van der Waals surface area contributed by atoms with Gasteiger partial charge in [0.1, 0.15) is 17.4 Å². The number of esters is 1. The van der Waals surface area contributed by atoms with E-state index in [4.69, 9.17) is 9.47 Å². The van der Waals surface area contributed by atoms with Gasteiger partial charge in [-0.3, -0.25) is 19.3 Å². The molecule has 0 bridgehead atoms. The molecule has 0 aliphatic carbocycles. The second kappa shape index (κ2) is 21.4. The normalized spacial score (nSPS) is 16.0. The van der Waals surface area contributed by atoms with Crippen LogP contribution in [0.3, 0.4) is 0 Å². The Kier molecular flexibility index (Phi) is 14.8. The SMILES string of the molecule is O=C(OCC1CCN(Cc2ccccc2)CC1)C(c1ccccc1)c1cccc(OCC2CCN(C(=O)c3ccc(CCNCC(O)c4ccc(O)c5[nH]c(=O)ccc45)cc3)CC2)c1. The summed E-state index contributed by atoms with van der Waals surface area (Å²) in [5.74, 6) is 0.534. The molecule has 2 unspecified atom stereocenters. The topological polar surface area (TPSA) is 144 Å². The first-order valence-corrected chi connectivity index (χ1v) is 22.6. The number of aliphatic hydroxyl groups excluding tert-OH is 1. The maximum Gasteiger partial charge on any atom is 0.317 e. The van der Waals surface area contributed by atoms with Gasteiger partial charge in [0.2, 0.25) is 5.56 Å². The molecule has 5 aromatic carbocycles. The first kappa shape index (κ1) is 44.3. The van der Waals surface area contributed by atoms with Crippen molar-refractivity contribution in [1.82, 2.24) is 20.1 Å². The number of carbonyl (C=O) groups excluding carboxylic acids is 2. The number of H-pyrrole nitrogens is 1. The Morgan fingerprint density at radius 3 is 2.17 bits per heavy atom. The lowest BCUT2D eigenvalue weighted by atomic mass is 9.91. The summed E-state index contributed by atoms with van der Waals surface area (Å²) in [5, 5.41) is 24.9. The van der Waals surface area contributed by atoms with Crippen molar-refractivity contribution in [3.63, 3.8) is 0 Å². The zero-order chi connectivity index (χ0) is 44.3. The summed E-state index contributed by atoms with van der Waals surface area (Å²) in [6.45, 7) is 6.11. The number of nitrogens with one attached hydrogen (secondary N) is 2. The molecule has 11 heteroatoms. The van der Waals surface area contributed by atoms with Gasteiger partial charge in [0.05, 0.1) is 24.8 Å². The van der Waals surface area contributed by atoms with Crippen LogP contribution in [0, 0.1) is 11.8 Å². The van der Waals surface area contributed by atoms with Gasteiger partial charge in [-0.05, 0) is 128 Å². The molecule has 4 N–H and O–H groups in total. The molecule has 2 aliphatic heterocycles. The fourth-order valence-electron chi connectivity index (χ4n) is 8.97. The van der Waals surface area contributed by atoms with Crippen LogP contribution < -0.4 is 15.6 Å². The van der Waals surface area contributed by atoms with Crippen LogP contribution in [0.15, 0.2) is 138 Å². The van der Waals surface area contributed by atoms with Gasteiger partial charge in [-0.1, -0.05) is 91.0 Å². The number of aromatic nitrogens is 1. The lowest BCUT2D eigenvalue weighted by Crippen LogP contribution is -2.39. The number of amides is 1. The third-order valence-corrected chi connectivity index (χ3v) is 12.8. The molecule has 0 saturated carbocycles. The van der Waals surface area contributed by atoms with Crippen molar-refractivity contribution < 1.29 is 29.3 Å². The average Bonchev–Trinajstić information content (AvgIpc) is 3.33. The predicted molar refractivity (Wildman–Crippen MR) is 248 cm³/mol. The fourth-order valence-corrected chi connectivity index (χ4v) is 8.97. The van der Waals surface area contributed by atoms with Crippen LogP contribution in [0.5, 0.6) is 11.5 Å². The van der Waals surface area contributed by atoms with Crippen molar-refractivity contribution >= 4 is 22.8 Å². The van der Waals surface area contributed by atoms with Gasteiger partial charge in [0, 0.05) is 43.2 Å². The van der Waals surface area contributed by atoms with Gasteiger partial charge in [-0.15, -0.1) is 0 Å². The summed E-state index contributed by atoms with van der Waals surface area (Å²) < 4.78 is 12.4. The molecule has 1 amide bonds. The smallest absolute Gasteiger partial charge is 0.317 e. The molecule has 2 fully saturated rings. The number of hydrogen-bond donors (Lipinski definition) is 4. The van der Waals surface area contributed by atoms with E-state index in [0.29, 0.717) is 85.4 Å². The van der Waals surface area contributed by atoms with E-state index in [1.807, 2.05) is 89.8 Å². The number of aromatic hydroxyl groups is 1. The number of hydrogen-bond acceptors (Lipinski definition) is 9. The molecule has 0 radical (unpaired) electrons. The summed E-state index contributed by atoms with van der Waals surface area (Å²) in [6, 6.07) is 42.0. The van der Waals surface area contributed by atoms with Gasteiger partial charge in [0.15, 0.2) is 0 Å². The van der Waals surface area contributed by atoms with E-state index in [1.165, 1.54) is 17.7 Å². The Morgan fingerprint density at radius 2 is 1.42 bits per heavy atom. The molecule has 0 spiro atoms. The largest absolute Gasteiger partial charge is 0.506 e. The standard InChI is InChI=1S/C53H58N4O7/c58-47-20-18-45(46-19-21-49(60)55-51(46)47)48(59)33-54-27-22-37-14-16-42(17-15-37)52(61)57-30-25-40(26-31-57)35-63-44-13-7-12-43(32-44)50(41-10-5-2-6-11-41)53(62)64-36-39-23-28-56(29-24-39)34-38-8-3-1-4-9-38/h1-21,32,39-40,48,50,54,58-59H,22-31,33-36H2,(H,55,60). The number of phenolic OH excluding ortho intramolecular Hbond substituents is 1. The Morgan fingerprint density at radius 1 is 0.734 bits per heavy atom. The number of phenols is 1. The molecule has 11 nitrogen and oxygen atoms in total. The number of ether oxygens (including phenoxy) is 2. The van der Waals surface area contributed by atoms with E-state index in [9.17, 15) is 24.6 Å². The van der Waals surface area contributed by atoms with Crippen LogP contribution in [0.2, 0.25) is 0 Å². The number of benzene rings is 5. The van der Waals surface area contributed by atoms with E-state index < -0.39 is 12.0 Å². The van der Waals surface area contributed by atoms with Crippen molar-refractivity contribution in [1.29, 1.82) is 0 Å². The first-order valence-electron chi connectivity index (χ1n) is 22.6. The average molecular weight is 863 g/mol. The predicted octanol–water partition coefficient (Wildman–Crippen LogP) is 7.62. The Hall–Kier alpha value is -6.27. The number of nitrogens with zero attached hydrogens (tertiary/aromatic N) is 2. The summed E-state index contributed by atoms with van der Waals surface area (Å²) in [4.78, 5) is 46.1. The monoisotopic (exact) mass is 862 g/mol. The minimum atomic E-state index is -0.832. The zero-order valence-corrected chi connectivity index (χ0v) is 36.2. The quantitative estimate of drug-likeness (QED) is 0.0538. The van der Waals surface area contributed by atoms with Crippen molar-refractivity contribution in [3.8, 4) is 11.5 Å². The highest BCUT2D eigenvalue weighted by molar-refractivity contribution is 5.94. The molecule has 1 aromatic heterocycles. The summed E-state index contributed by atoms with van der Waals surface area (Å²) in [6.07, 6.45) is 3.56. The lowest BCUT2D eigenvalue weighted by molar-refractivity contribution is -0.146. The van der Waals surface area contributed by atoms with E-state index in [-0.39, 0.29) is 23.2 Å². The first-order chi connectivity index (χ1) is 31.3. The van der Waals surface area contributed by atoms with E-state index in [1.54, 1.807) is 12.1 Å². The van der Waals surface area contributed by atoms with Crippen LogP contribution in [-0.2, 0) is 22.5 Å². The third-order valence-electron chi connectivity index (χ3n) is 12.8. The molecular weight excluding hydrogens is 805 g/mol. The second-order valence-corrected chi connectivity index (χ2v) is 17.2. The Labute approximate surface area is 374 Å². The van der Waals surface area contributed by atoms with Crippen LogP contribution in [0.25, 0.3) is 10.9 Å². The summed E-state index contributed by atoms with van der Waals surface area (Å²) in [7, 11) is 0. The van der Waals surface area contributed by atoms with Crippen molar-refractivity contribution in [3.05, 3.63) is 177 Å². The van der Waals surface area contributed by atoms with Gasteiger partial charge < -0.3 is 34.9 Å². The van der Waals surface area contributed by atoms with Crippen molar-refractivity contribution in [2.75, 3.05) is 52.5 Å². The van der Waals surface area contributed by atoms with Gasteiger partial charge in [-0.2, -0.15) is 0 Å². The highest BCUT2D eigenvalue weighted by atomic mass is 16.5. The van der Waals surface area contributed by atoms with E-state index in [2.05, 4.69) is 39.5 Å². The third kappa shape index (κ3) is 11.5. The summed E-state index contributed by atoms with van der Waals surface area (Å²) >= 11 is 0. The van der Waals surface area contributed by atoms with Crippen molar-refractivity contribution in [2.24, 2.45) is 11.8 Å². The molecule has 64 heavy (non-hydrogen) atoms. The lowest BCUT2D eigenvalue weighted by Gasteiger charge is -2.32. The number of aromatic amines is 1. The number of carbonyl (C=O) groups is 2. The number of aliphatic hydroxyl groups is 1. The van der Waals surface area contributed by atoms with Gasteiger partial charge in [0.25, 0.3) is 5.91 Å². The molecule has 332 valence electrons. The van der Waals surface area contributed by atoms with Gasteiger partial charge >= 0.3 is 5.97 Å². The number of rotatable bonds is 17. The van der Waals surface area contributed by atoms with Crippen LogP contribution in [0.1, 0.15) is 75.9 Å². The summed E-state index contributed by atoms with van der Waals surface area (Å²) in [5.41, 5.74) is 5.39. The van der Waals surface area contributed by atoms with E-state index in [0.717, 1.165) is 62.0 Å². The minimum Gasteiger partial charge on any atom is -0.506 e. The number of fused-ring (bicyclic) bond motifs is 1. The maximum absolute atomic E-state index is 13.8. The van der Waals surface area contributed by atoms with E-state index >= 15 is 0 Å². The van der Waals surface area contributed by atoms with Crippen LogP contribution in [-0.4, -0.2) is 89.4 Å². The fraction of sp³-hybridized carbons (Fsp3) is 0.340. The molecule has 3 heterocycles.